The highest BCUT2D eigenvalue weighted by Gasteiger charge is 2.34. The van der Waals surface area contributed by atoms with Crippen LogP contribution >= 0.6 is 0 Å². The Morgan fingerprint density at radius 3 is 2.55 bits per heavy atom. The first-order valence-electron chi connectivity index (χ1n) is 4.57. The van der Waals surface area contributed by atoms with Crippen LogP contribution in [0.2, 0.25) is 0 Å². The van der Waals surface area contributed by atoms with Crippen molar-refractivity contribution in [2.45, 2.75) is 32.1 Å². The van der Waals surface area contributed by atoms with Crippen molar-refractivity contribution in [3.8, 4) is 0 Å². The fourth-order valence-corrected chi connectivity index (χ4v) is 2.30. The molecule has 2 nitrogen and oxygen atoms in total. The van der Waals surface area contributed by atoms with Crippen LogP contribution in [0.1, 0.15) is 32.1 Å². The molecular weight excluding hydrogens is 136 g/mol. The molecule has 0 saturated heterocycles. The van der Waals surface area contributed by atoms with Crippen LogP contribution in [0.5, 0.6) is 0 Å². The zero-order chi connectivity index (χ0) is 7.73. The normalized spacial score (nSPS) is 28.3. The lowest BCUT2D eigenvalue weighted by atomic mass is 9.75. The molecule has 0 aromatic rings. The van der Waals surface area contributed by atoms with Gasteiger partial charge in [-0.25, -0.2) is 0 Å². The van der Waals surface area contributed by atoms with Crippen molar-refractivity contribution in [1.82, 2.24) is 5.01 Å². The maximum atomic E-state index is 4.32. The topological polar surface area (TPSA) is 15.6 Å². The minimum atomic E-state index is 0.479. The molecule has 0 radical (unpaired) electrons. The molecule has 0 N–H and O–H groups in total. The standard InChI is InChI=1S/C9H16N2/c1-11-8-9(7-10-11)5-3-2-4-6-9/h7H,2-6,8H2,1H3. The van der Waals surface area contributed by atoms with Crippen molar-refractivity contribution in [1.29, 1.82) is 0 Å². The highest BCUT2D eigenvalue weighted by atomic mass is 15.5. The molecule has 1 aliphatic heterocycles. The van der Waals surface area contributed by atoms with E-state index in [2.05, 4.69) is 23.4 Å². The predicted octanol–water partition coefficient (Wildman–Crippen LogP) is 1.87. The van der Waals surface area contributed by atoms with E-state index in [1.165, 1.54) is 32.1 Å². The quantitative estimate of drug-likeness (QED) is 0.517. The summed E-state index contributed by atoms with van der Waals surface area (Å²) in [6.07, 6.45) is 9.15. The molecule has 0 amide bonds. The van der Waals surface area contributed by atoms with Crippen molar-refractivity contribution in [3.63, 3.8) is 0 Å². The van der Waals surface area contributed by atoms with Crippen LogP contribution < -0.4 is 0 Å². The van der Waals surface area contributed by atoms with Gasteiger partial charge in [-0.15, -0.1) is 0 Å². The van der Waals surface area contributed by atoms with Gasteiger partial charge in [-0.05, 0) is 12.8 Å². The van der Waals surface area contributed by atoms with Crippen LogP contribution in [0.4, 0.5) is 0 Å². The van der Waals surface area contributed by atoms with Gasteiger partial charge >= 0.3 is 0 Å². The van der Waals surface area contributed by atoms with Gasteiger partial charge in [0, 0.05) is 25.2 Å². The van der Waals surface area contributed by atoms with Crippen LogP contribution in [0.25, 0.3) is 0 Å². The third kappa shape index (κ3) is 1.26. The van der Waals surface area contributed by atoms with Crippen molar-refractivity contribution in [2.24, 2.45) is 10.5 Å². The lowest BCUT2D eigenvalue weighted by Gasteiger charge is -2.30. The highest BCUT2D eigenvalue weighted by Crippen LogP contribution is 2.37. The van der Waals surface area contributed by atoms with E-state index in [1.807, 2.05) is 0 Å². The highest BCUT2D eigenvalue weighted by molar-refractivity contribution is 5.67. The summed E-state index contributed by atoms with van der Waals surface area (Å²) in [6.45, 7) is 1.16. The summed E-state index contributed by atoms with van der Waals surface area (Å²) < 4.78 is 0. The van der Waals surface area contributed by atoms with Gasteiger partial charge in [0.25, 0.3) is 0 Å². The summed E-state index contributed by atoms with van der Waals surface area (Å²) in [4.78, 5) is 0. The lowest BCUT2D eigenvalue weighted by Crippen LogP contribution is -2.30. The monoisotopic (exact) mass is 152 g/mol. The van der Waals surface area contributed by atoms with Crippen LogP contribution in [0, 0.1) is 5.41 Å². The van der Waals surface area contributed by atoms with E-state index < -0.39 is 0 Å². The van der Waals surface area contributed by atoms with Gasteiger partial charge in [-0.3, -0.25) is 5.01 Å². The van der Waals surface area contributed by atoms with Crippen LogP contribution in [-0.2, 0) is 0 Å². The summed E-state index contributed by atoms with van der Waals surface area (Å²) in [7, 11) is 2.07. The van der Waals surface area contributed by atoms with Crippen molar-refractivity contribution < 1.29 is 0 Å². The summed E-state index contributed by atoms with van der Waals surface area (Å²) >= 11 is 0. The fraction of sp³-hybridized carbons (Fsp3) is 0.889. The van der Waals surface area contributed by atoms with Crippen LogP contribution in [0.15, 0.2) is 5.10 Å². The Hall–Kier alpha value is -0.530. The SMILES string of the molecule is CN1CC2(C=N1)CCCCC2. The molecule has 62 valence electrons. The molecule has 0 aromatic heterocycles. The van der Waals surface area contributed by atoms with Gasteiger partial charge < -0.3 is 0 Å². The first-order valence-corrected chi connectivity index (χ1v) is 4.57. The van der Waals surface area contributed by atoms with Crippen molar-refractivity contribution >= 4 is 6.21 Å². The smallest absolute Gasteiger partial charge is 0.0463 e. The maximum absolute atomic E-state index is 4.32. The van der Waals surface area contributed by atoms with Gasteiger partial charge in [0.1, 0.15) is 0 Å². The Bertz CT molecular complexity index is 168. The second-order valence-corrected chi connectivity index (χ2v) is 3.98. The number of nitrogens with zero attached hydrogens (tertiary/aromatic N) is 2. The van der Waals surface area contributed by atoms with Gasteiger partial charge in [0.15, 0.2) is 0 Å². The number of rotatable bonds is 0. The fourth-order valence-electron chi connectivity index (χ4n) is 2.30. The predicted molar refractivity (Wildman–Crippen MR) is 46.6 cm³/mol. The average Bonchev–Trinajstić information content (AvgIpc) is 2.34. The number of hydrazone groups is 1. The molecule has 11 heavy (non-hydrogen) atoms. The zero-order valence-corrected chi connectivity index (χ0v) is 7.21. The first-order chi connectivity index (χ1) is 5.31. The molecule has 1 spiro atoms. The van der Waals surface area contributed by atoms with E-state index >= 15 is 0 Å². The average molecular weight is 152 g/mol. The Morgan fingerprint density at radius 1 is 1.27 bits per heavy atom. The Labute approximate surface area is 68.3 Å². The maximum Gasteiger partial charge on any atom is 0.0463 e. The van der Waals surface area contributed by atoms with Gasteiger partial charge in [0.2, 0.25) is 0 Å². The minimum Gasteiger partial charge on any atom is -0.299 e. The molecule has 1 heterocycles. The molecule has 2 heteroatoms. The Kier molecular flexibility index (Phi) is 1.63. The van der Waals surface area contributed by atoms with E-state index in [-0.39, 0.29) is 0 Å². The van der Waals surface area contributed by atoms with Gasteiger partial charge in [0.05, 0.1) is 0 Å². The zero-order valence-electron chi connectivity index (χ0n) is 7.21. The third-order valence-electron chi connectivity index (χ3n) is 2.92. The van der Waals surface area contributed by atoms with E-state index in [9.17, 15) is 0 Å². The van der Waals surface area contributed by atoms with Crippen molar-refractivity contribution in [2.75, 3.05) is 13.6 Å². The van der Waals surface area contributed by atoms with Gasteiger partial charge in [-0.1, -0.05) is 19.3 Å². The molecule has 0 bridgehead atoms. The first kappa shape index (κ1) is 7.14. The molecule has 1 saturated carbocycles. The molecule has 0 unspecified atom stereocenters. The van der Waals surface area contributed by atoms with E-state index in [4.69, 9.17) is 0 Å². The second kappa shape index (κ2) is 2.50. The number of hydrogen-bond donors (Lipinski definition) is 0. The van der Waals surface area contributed by atoms with E-state index in [0.29, 0.717) is 5.41 Å². The lowest BCUT2D eigenvalue weighted by molar-refractivity contribution is 0.228. The molecule has 0 aromatic carbocycles. The largest absolute Gasteiger partial charge is 0.299 e. The van der Waals surface area contributed by atoms with Crippen LogP contribution in [0.3, 0.4) is 0 Å². The number of hydrogen-bond acceptors (Lipinski definition) is 2. The van der Waals surface area contributed by atoms with Crippen molar-refractivity contribution in [3.05, 3.63) is 0 Å². The molecule has 2 aliphatic rings. The Balaban J connectivity index is 2.05. The minimum absolute atomic E-state index is 0.479. The molecule has 1 aliphatic carbocycles. The molecule has 2 rings (SSSR count). The third-order valence-corrected chi connectivity index (χ3v) is 2.92. The summed E-state index contributed by atoms with van der Waals surface area (Å²) in [5, 5.41) is 6.40. The summed E-state index contributed by atoms with van der Waals surface area (Å²) in [5.41, 5.74) is 0.479. The molecule has 0 atom stereocenters. The van der Waals surface area contributed by atoms with E-state index in [1.54, 1.807) is 0 Å². The van der Waals surface area contributed by atoms with E-state index in [0.717, 1.165) is 6.54 Å². The molecular formula is C9H16N2. The second-order valence-electron chi connectivity index (χ2n) is 3.98. The summed E-state index contributed by atoms with van der Waals surface area (Å²) in [5.74, 6) is 0. The van der Waals surface area contributed by atoms with Gasteiger partial charge in [-0.2, -0.15) is 5.10 Å². The Morgan fingerprint density at radius 2 is 2.00 bits per heavy atom. The molecule has 1 fully saturated rings. The van der Waals surface area contributed by atoms with Crippen LogP contribution in [-0.4, -0.2) is 24.8 Å². The summed E-state index contributed by atoms with van der Waals surface area (Å²) in [6, 6.07) is 0.